The van der Waals surface area contributed by atoms with E-state index >= 15 is 0 Å². The Morgan fingerprint density at radius 2 is 1.71 bits per heavy atom. The quantitative estimate of drug-likeness (QED) is 0.488. The molecular formula is C19H30OSe. The van der Waals surface area contributed by atoms with Crippen molar-refractivity contribution in [1.29, 1.82) is 0 Å². The fourth-order valence-electron chi connectivity index (χ4n) is 2.92. The number of rotatable bonds is 7. The van der Waals surface area contributed by atoms with E-state index in [0.717, 1.165) is 17.2 Å². The van der Waals surface area contributed by atoms with Crippen molar-refractivity contribution in [3.8, 4) is 5.75 Å². The summed E-state index contributed by atoms with van der Waals surface area (Å²) in [6.45, 7) is 3.12. The first-order valence-electron chi connectivity index (χ1n) is 8.78. The van der Waals surface area contributed by atoms with Crippen LogP contribution in [0.2, 0.25) is 4.82 Å². The third-order valence-electron chi connectivity index (χ3n) is 4.20. The minimum absolute atomic E-state index is 0.582. The second kappa shape index (κ2) is 10.3. The molecule has 1 nitrogen and oxygen atoms in total. The van der Waals surface area contributed by atoms with Crippen LogP contribution < -0.4 is 9.20 Å². The Hall–Kier alpha value is -0.461. The fraction of sp³-hybridized carbons (Fsp3) is 0.684. The molecule has 0 amide bonds. The van der Waals surface area contributed by atoms with Crippen LogP contribution >= 0.6 is 0 Å². The summed E-state index contributed by atoms with van der Waals surface area (Å²) in [7, 11) is 0. The van der Waals surface area contributed by atoms with Crippen molar-refractivity contribution in [2.45, 2.75) is 75.9 Å². The van der Waals surface area contributed by atoms with Crippen molar-refractivity contribution in [3.63, 3.8) is 0 Å². The number of unbranched alkanes of at least 4 members (excludes halogenated alkanes) is 2. The third kappa shape index (κ3) is 6.45. The van der Waals surface area contributed by atoms with Crippen molar-refractivity contribution in [3.05, 3.63) is 24.3 Å². The van der Waals surface area contributed by atoms with Gasteiger partial charge in [0.25, 0.3) is 0 Å². The maximum absolute atomic E-state index is 6.05. The Balaban J connectivity index is 1.88. The maximum atomic E-state index is 6.05. The van der Waals surface area contributed by atoms with Crippen LogP contribution in [0.1, 0.15) is 71.1 Å². The van der Waals surface area contributed by atoms with E-state index in [1.54, 1.807) is 0 Å². The first-order chi connectivity index (χ1) is 10.4. The van der Waals surface area contributed by atoms with Crippen LogP contribution in [0.15, 0.2) is 24.3 Å². The van der Waals surface area contributed by atoms with Gasteiger partial charge in [0.1, 0.15) is 0 Å². The molecule has 1 aromatic carbocycles. The molecule has 2 rings (SSSR count). The van der Waals surface area contributed by atoms with Crippen LogP contribution in [-0.2, 0) is 0 Å². The molecule has 1 aromatic rings. The van der Waals surface area contributed by atoms with Gasteiger partial charge in [-0.2, -0.15) is 0 Å². The van der Waals surface area contributed by atoms with E-state index < -0.39 is 0 Å². The van der Waals surface area contributed by atoms with Crippen LogP contribution in [0.4, 0.5) is 0 Å². The average Bonchev–Trinajstić information content (AvgIpc) is 2.48. The molecule has 1 saturated carbocycles. The number of hydrogen-bond acceptors (Lipinski definition) is 1. The van der Waals surface area contributed by atoms with Gasteiger partial charge < -0.3 is 0 Å². The standard InChI is InChI=1S/C19H30OSe/c1-2-3-11-16-20-18-14-9-10-15-19(18)21-17-12-7-5-4-6-8-13-17/h9-10,14-15,17H,2-8,11-13,16H2,1H3. The van der Waals surface area contributed by atoms with Crippen molar-refractivity contribution in [1.82, 2.24) is 0 Å². The van der Waals surface area contributed by atoms with Gasteiger partial charge >= 0.3 is 137 Å². The summed E-state index contributed by atoms with van der Waals surface area (Å²) in [5.74, 6) is 1.16. The van der Waals surface area contributed by atoms with Crippen molar-refractivity contribution >= 4 is 19.4 Å². The summed E-state index contributed by atoms with van der Waals surface area (Å²) in [5.41, 5.74) is 0. The summed E-state index contributed by atoms with van der Waals surface area (Å²) < 4.78 is 7.54. The first-order valence-corrected chi connectivity index (χ1v) is 10.6. The van der Waals surface area contributed by atoms with Gasteiger partial charge in [-0.05, 0) is 0 Å². The molecule has 0 spiro atoms. The van der Waals surface area contributed by atoms with Gasteiger partial charge in [0, 0.05) is 0 Å². The Labute approximate surface area is 137 Å². The normalized spacial score (nSPS) is 17.2. The molecule has 118 valence electrons. The molecule has 0 heterocycles. The summed E-state index contributed by atoms with van der Waals surface area (Å²) in [4.78, 5) is 0.929. The molecule has 2 heteroatoms. The minimum atomic E-state index is 0.582. The molecule has 21 heavy (non-hydrogen) atoms. The summed E-state index contributed by atoms with van der Waals surface area (Å²) in [5, 5.41) is 0. The predicted octanol–water partition coefficient (Wildman–Crippen LogP) is 5.12. The fourth-order valence-corrected chi connectivity index (χ4v) is 5.70. The SMILES string of the molecule is CCCCCOc1ccccc1[Se]C1CCCCCCC1. The van der Waals surface area contributed by atoms with E-state index in [1.165, 1.54) is 68.7 Å². The molecule has 0 unspecified atom stereocenters. The zero-order valence-electron chi connectivity index (χ0n) is 13.5. The number of benzene rings is 1. The second-order valence-corrected chi connectivity index (χ2v) is 8.90. The van der Waals surface area contributed by atoms with Crippen molar-refractivity contribution in [2.24, 2.45) is 0 Å². The monoisotopic (exact) mass is 354 g/mol. The molecule has 0 aliphatic heterocycles. The van der Waals surface area contributed by atoms with Gasteiger partial charge in [0.15, 0.2) is 0 Å². The predicted molar refractivity (Wildman–Crippen MR) is 92.9 cm³/mol. The van der Waals surface area contributed by atoms with Gasteiger partial charge in [-0.15, -0.1) is 0 Å². The summed E-state index contributed by atoms with van der Waals surface area (Å²) >= 11 is 0.582. The Morgan fingerprint density at radius 3 is 2.48 bits per heavy atom. The molecule has 0 radical (unpaired) electrons. The number of para-hydroxylation sites is 1. The van der Waals surface area contributed by atoms with E-state index in [2.05, 4.69) is 31.2 Å². The molecule has 1 aliphatic carbocycles. The van der Waals surface area contributed by atoms with Gasteiger partial charge in [-0.25, -0.2) is 0 Å². The van der Waals surface area contributed by atoms with Gasteiger partial charge in [-0.1, -0.05) is 0 Å². The van der Waals surface area contributed by atoms with Crippen LogP contribution in [0.5, 0.6) is 5.75 Å². The van der Waals surface area contributed by atoms with Crippen LogP contribution in [0, 0.1) is 0 Å². The summed E-state index contributed by atoms with van der Waals surface area (Å²) in [6.07, 6.45) is 13.8. The zero-order chi connectivity index (χ0) is 14.8. The molecular weight excluding hydrogens is 323 g/mol. The number of ether oxygens (including phenoxy) is 1. The molecule has 1 fully saturated rings. The first kappa shape index (κ1) is 16.9. The van der Waals surface area contributed by atoms with E-state index in [-0.39, 0.29) is 0 Å². The van der Waals surface area contributed by atoms with E-state index in [1.807, 2.05) is 0 Å². The zero-order valence-corrected chi connectivity index (χ0v) is 15.2. The van der Waals surface area contributed by atoms with Crippen LogP contribution in [0.25, 0.3) is 0 Å². The number of hydrogen-bond donors (Lipinski definition) is 0. The van der Waals surface area contributed by atoms with Crippen molar-refractivity contribution < 1.29 is 4.74 Å². The molecule has 0 bridgehead atoms. The molecule has 1 aliphatic rings. The molecule has 0 aromatic heterocycles. The van der Waals surface area contributed by atoms with Gasteiger partial charge in [-0.3, -0.25) is 0 Å². The second-order valence-electron chi connectivity index (χ2n) is 6.09. The van der Waals surface area contributed by atoms with Crippen molar-refractivity contribution in [2.75, 3.05) is 6.61 Å². The molecule has 0 atom stereocenters. The van der Waals surface area contributed by atoms with E-state index in [9.17, 15) is 0 Å². The Kier molecular flexibility index (Phi) is 8.29. The van der Waals surface area contributed by atoms with Crippen LogP contribution in [-0.4, -0.2) is 21.6 Å². The average molecular weight is 353 g/mol. The van der Waals surface area contributed by atoms with Gasteiger partial charge in [0.2, 0.25) is 0 Å². The molecule has 0 N–H and O–H groups in total. The van der Waals surface area contributed by atoms with Gasteiger partial charge in [0.05, 0.1) is 0 Å². The topological polar surface area (TPSA) is 9.23 Å². The summed E-state index contributed by atoms with van der Waals surface area (Å²) in [6, 6.07) is 8.77. The third-order valence-corrected chi connectivity index (χ3v) is 7.13. The Morgan fingerprint density at radius 1 is 1.00 bits per heavy atom. The van der Waals surface area contributed by atoms with E-state index in [0.29, 0.717) is 15.0 Å². The Bertz CT molecular complexity index is 383. The van der Waals surface area contributed by atoms with E-state index in [4.69, 9.17) is 4.74 Å². The van der Waals surface area contributed by atoms with Crippen LogP contribution in [0.3, 0.4) is 0 Å². The molecule has 0 saturated heterocycles.